The van der Waals surface area contributed by atoms with Crippen LogP contribution in [0.15, 0.2) is 48.5 Å². The average Bonchev–Trinajstić information content (AvgIpc) is 2.46. The van der Waals surface area contributed by atoms with Gasteiger partial charge in [-0.05, 0) is 11.1 Å². The minimum Gasteiger partial charge on any atom is -0.298 e. The number of rotatable bonds is 4. The molecule has 0 fully saturated rings. The zero-order valence-electron chi connectivity index (χ0n) is 10.2. The van der Waals surface area contributed by atoms with E-state index in [0.717, 1.165) is 17.4 Å². The quantitative estimate of drug-likeness (QED) is 0.600. The topological polar surface area (TPSA) is 34.1 Å². The SMILES string of the molecule is CCC(=O)c1ccc(-c2ccccc2C=O)cc1. The molecular formula is C16H14O2. The van der Waals surface area contributed by atoms with Crippen molar-refractivity contribution in [3.8, 4) is 11.1 Å². The highest BCUT2D eigenvalue weighted by atomic mass is 16.1. The fourth-order valence-corrected chi connectivity index (χ4v) is 1.90. The second-order valence-corrected chi connectivity index (χ2v) is 4.06. The molecule has 0 heterocycles. The van der Waals surface area contributed by atoms with E-state index in [4.69, 9.17) is 0 Å². The molecule has 2 rings (SSSR count). The zero-order valence-corrected chi connectivity index (χ0v) is 10.2. The summed E-state index contributed by atoms with van der Waals surface area (Å²) in [6.07, 6.45) is 1.35. The molecule has 0 saturated carbocycles. The van der Waals surface area contributed by atoms with Crippen molar-refractivity contribution in [3.63, 3.8) is 0 Å². The third kappa shape index (κ3) is 2.38. The van der Waals surface area contributed by atoms with E-state index in [9.17, 15) is 9.59 Å². The Bertz CT molecular complexity index is 568. The van der Waals surface area contributed by atoms with Crippen molar-refractivity contribution in [2.75, 3.05) is 0 Å². The van der Waals surface area contributed by atoms with E-state index in [0.29, 0.717) is 17.5 Å². The van der Waals surface area contributed by atoms with Crippen molar-refractivity contribution < 1.29 is 9.59 Å². The number of hydrogen-bond donors (Lipinski definition) is 0. The minimum atomic E-state index is 0.130. The Kier molecular flexibility index (Phi) is 3.68. The predicted molar refractivity (Wildman–Crippen MR) is 71.9 cm³/mol. The number of carbonyl (C=O) groups is 2. The van der Waals surface area contributed by atoms with Gasteiger partial charge in [0.25, 0.3) is 0 Å². The number of benzene rings is 2. The highest BCUT2D eigenvalue weighted by Gasteiger charge is 2.06. The van der Waals surface area contributed by atoms with Crippen LogP contribution in [0, 0.1) is 0 Å². The van der Waals surface area contributed by atoms with Crippen molar-refractivity contribution in [2.45, 2.75) is 13.3 Å². The molecule has 2 aromatic rings. The van der Waals surface area contributed by atoms with Gasteiger partial charge in [-0.25, -0.2) is 0 Å². The van der Waals surface area contributed by atoms with E-state index in [1.165, 1.54) is 0 Å². The lowest BCUT2D eigenvalue weighted by atomic mass is 9.98. The first kappa shape index (κ1) is 12.2. The lowest BCUT2D eigenvalue weighted by molar-refractivity contribution is 0.0987. The van der Waals surface area contributed by atoms with Crippen molar-refractivity contribution in [1.29, 1.82) is 0 Å². The lowest BCUT2D eigenvalue weighted by Gasteiger charge is -2.05. The van der Waals surface area contributed by atoms with Crippen molar-refractivity contribution in [2.24, 2.45) is 0 Å². The first-order valence-corrected chi connectivity index (χ1v) is 5.94. The highest BCUT2D eigenvalue weighted by molar-refractivity contribution is 5.96. The van der Waals surface area contributed by atoms with E-state index in [1.54, 1.807) is 6.07 Å². The van der Waals surface area contributed by atoms with Crippen LogP contribution in [0.2, 0.25) is 0 Å². The van der Waals surface area contributed by atoms with Gasteiger partial charge in [-0.1, -0.05) is 55.5 Å². The molecule has 0 aliphatic heterocycles. The Hall–Kier alpha value is -2.22. The molecule has 0 amide bonds. The first-order chi connectivity index (χ1) is 8.76. The molecule has 0 atom stereocenters. The summed E-state index contributed by atoms with van der Waals surface area (Å²) >= 11 is 0. The maximum absolute atomic E-state index is 11.5. The van der Waals surface area contributed by atoms with Gasteiger partial charge in [0.15, 0.2) is 12.1 Å². The van der Waals surface area contributed by atoms with E-state index in [1.807, 2.05) is 49.4 Å². The minimum absolute atomic E-state index is 0.130. The van der Waals surface area contributed by atoms with Crippen molar-refractivity contribution in [1.82, 2.24) is 0 Å². The van der Waals surface area contributed by atoms with Gasteiger partial charge >= 0.3 is 0 Å². The number of carbonyl (C=O) groups excluding carboxylic acids is 2. The van der Waals surface area contributed by atoms with Crippen LogP contribution in [0.4, 0.5) is 0 Å². The zero-order chi connectivity index (χ0) is 13.0. The maximum atomic E-state index is 11.5. The third-order valence-electron chi connectivity index (χ3n) is 2.93. The summed E-state index contributed by atoms with van der Waals surface area (Å²) in [5.41, 5.74) is 3.21. The molecule has 18 heavy (non-hydrogen) atoms. The Balaban J connectivity index is 2.40. The van der Waals surface area contributed by atoms with E-state index >= 15 is 0 Å². The normalized spacial score (nSPS) is 10.1. The Morgan fingerprint density at radius 2 is 1.72 bits per heavy atom. The summed E-state index contributed by atoms with van der Waals surface area (Å²) < 4.78 is 0. The second kappa shape index (κ2) is 5.41. The van der Waals surface area contributed by atoms with Crippen LogP contribution in [0.25, 0.3) is 11.1 Å². The molecule has 0 bridgehead atoms. The van der Waals surface area contributed by atoms with Crippen molar-refractivity contribution in [3.05, 3.63) is 59.7 Å². The molecule has 0 N–H and O–H groups in total. The van der Waals surface area contributed by atoms with Crippen molar-refractivity contribution >= 4 is 12.1 Å². The van der Waals surface area contributed by atoms with E-state index in [-0.39, 0.29) is 5.78 Å². The van der Waals surface area contributed by atoms with Gasteiger partial charge in [0.05, 0.1) is 0 Å². The molecule has 2 nitrogen and oxygen atoms in total. The molecule has 0 aliphatic rings. The first-order valence-electron chi connectivity index (χ1n) is 5.94. The van der Waals surface area contributed by atoms with Gasteiger partial charge in [-0.15, -0.1) is 0 Å². The summed E-state index contributed by atoms with van der Waals surface area (Å²) in [4.78, 5) is 22.5. The fourth-order valence-electron chi connectivity index (χ4n) is 1.90. The van der Waals surface area contributed by atoms with Gasteiger partial charge in [0, 0.05) is 17.5 Å². The van der Waals surface area contributed by atoms with Gasteiger partial charge in [-0.3, -0.25) is 9.59 Å². The molecule has 90 valence electrons. The monoisotopic (exact) mass is 238 g/mol. The van der Waals surface area contributed by atoms with Gasteiger partial charge in [-0.2, -0.15) is 0 Å². The van der Waals surface area contributed by atoms with Crippen LogP contribution in [0.3, 0.4) is 0 Å². The Labute approximate surface area is 106 Å². The third-order valence-corrected chi connectivity index (χ3v) is 2.93. The van der Waals surface area contributed by atoms with Gasteiger partial charge in [0.2, 0.25) is 0 Å². The molecule has 2 aromatic carbocycles. The molecule has 2 heteroatoms. The smallest absolute Gasteiger partial charge is 0.162 e. The number of aldehydes is 1. The molecule has 0 radical (unpaired) electrons. The predicted octanol–water partition coefficient (Wildman–Crippen LogP) is 3.76. The van der Waals surface area contributed by atoms with Crippen LogP contribution in [0.5, 0.6) is 0 Å². The maximum Gasteiger partial charge on any atom is 0.162 e. The summed E-state index contributed by atoms with van der Waals surface area (Å²) in [7, 11) is 0. The Morgan fingerprint density at radius 1 is 1.06 bits per heavy atom. The molecule has 0 aliphatic carbocycles. The lowest BCUT2D eigenvalue weighted by Crippen LogP contribution is -1.96. The highest BCUT2D eigenvalue weighted by Crippen LogP contribution is 2.23. The van der Waals surface area contributed by atoms with Gasteiger partial charge < -0.3 is 0 Å². The molecular weight excluding hydrogens is 224 g/mol. The summed E-state index contributed by atoms with van der Waals surface area (Å²) in [5.74, 6) is 0.130. The van der Waals surface area contributed by atoms with Crippen LogP contribution in [0.1, 0.15) is 34.1 Å². The van der Waals surface area contributed by atoms with Crippen LogP contribution in [-0.2, 0) is 0 Å². The number of ketones is 1. The largest absolute Gasteiger partial charge is 0.298 e. The summed E-state index contributed by atoms with van der Waals surface area (Å²) in [6, 6.07) is 14.8. The van der Waals surface area contributed by atoms with Gasteiger partial charge in [0.1, 0.15) is 0 Å². The number of hydrogen-bond acceptors (Lipinski definition) is 2. The number of Topliss-reactive ketones (excluding diaryl/α,β-unsaturated/α-hetero) is 1. The van der Waals surface area contributed by atoms with Crippen LogP contribution < -0.4 is 0 Å². The summed E-state index contributed by atoms with van der Waals surface area (Å²) in [6.45, 7) is 1.85. The second-order valence-electron chi connectivity index (χ2n) is 4.06. The van der Waals surface area contributed by atoms with E-state index < -0.39 is 0 Å². The molecule has 0 spiro atoms. The van der Waals surface area contributed by atoms with E-state index in [2.05, 4.69) is 0 Å². The van der Waals surface area contributed by atoms with Crippen LogP contribution in [-0.4, -0.2) is 12.1 Å². The standard InChI is InChI=1S/C16H14O2/c1-2-16(18)13-9-7-12(8-10-13)15-6-4-3-5-14(15)11-17/h3-11H,2H2,1H3. The molecule has 0 saturated heterocycles. The fraction of sp³-hybridized carbons (Fsp3) is 0.125. The van der Waals surface area contributed by atoms with Crippen LogP contribution >= 0.6 is 0 Å². The molecule has 0 unspecified atom stereocenters. The Morgan fingerprint density at radius 3 is 2.33 bits per heavy atom. The molecule has 0 aromatic heterocycles. The average molecular weight is 238 g/mol. The summed E-state index contributed by atoms with van der Waals surface area (Å²) in [5, 5.41) is 0.